The van der Waals surface area contributed by atoms with Crippen molar-refractivity contribution in [1.82, 2.24) is 9.80 Å². The minimum atomic E-state index is -0.405. The van der Waals surface area contributed by atoms with Crippen LogP contribution < -0.4 is 4.74 Å². The maximum Gasteiger partial charge on any atom is 0.122 e. The molecule has 2 aromatic carbocycles. The zero-order valence-electron chi connectivity index (χ0n) is 15.0. The minimum Gasteiger partial charge on any atom is -0.492 e. The van der Waals surface area contributed by atoms with Gasteiger partial charge in [-0.2, -0.15) is 0 Å². The highest BCUT2D eigenvalue weighted by molar-refractivity contribution is 5.31. The van der Waals surface area contributed by atoms with Crippen LogP contribution in [0.1, 0.15) is 17.2 Å². The van der Waals surface area contributed by atoms with E-state index in [0.29, 0.717) is 6.54 Å². The van der Waals surface area contributed by atoms with Crippen LogP contribution in [0.15, 0.2) is 54.6 Å². The fraction of sp³-hybridized carbons (Fsp3) is 0.429. The third-order valence-corrected chi connectivity index (χ3v) is 4.84. The van der Waals surface area contributed by atoms with E-state index in [1.54, 1.807) is 0 Å². The lowest BCUT2D eigenvalue weighted by Crippen LogP contribution is -2.48. The summed E-state index contributed by atoms with van der Waals surface area (Å²) in [7, 11) is 0. The van der Waals surface area contributed by atoms with E-state index in [1.807, 2.05) is 48.5 Å². The molecule has 1 aliphatic heterocycles. The minimum absolute atomic E-state index is 0.405. The van der Waals surface area contributed by atoms with Gasteiger partial charge in [0, 0.05) is 39.3 Å². The van der Waals surface area contributed by atoms with E-state index in [-0.39, 0.29) is 0 Å². The molecule has 1 aliphatic rings. The Labute approximate surface area is 150 Å². The van der Waals surface area contributed by atoms with Crippen LogP contribution in [-0.4, -0.2) is 60.8 Å². The SMILES string of the molecule is Cc1ccccc1OCCN1CCN(C[C@H](O)c2ccccc2)CC1. The molecule has 1 N–H and O–H groups in total. The second kappa shape index (κ2) is 8.99. The summed E-state index contributed by atoms with van der Waals surface area (Å²) in [6, 6.07) is 18.1. The number of piperazine rings is 1. The second-order valence-corrected chi connectivity index (χ2v) is 6.68. The smallest absolute Gasteiger partial charge is 0.122 e. The van der Waals surface area contributed by atoms with Gasteiger partial charge in [0.2, 0.25) is 0 Å². The van der Waals surface area contributed by atoms with Gasteiger partial charge >= 0.3 is 0 Å². The van der Waals surface area contributed by atoms with E-state index < -0.39 is 6.10 Å². The van der Waals surface area contributed by atoms with Gasteiger partial charge in [0.15, 0.2) is 0 Å². The van der Waals surface area contributed by atoms with Gasteiger partial charge in [-0.15, -0.1) is 0 Å². The Morgan fingerprint density at radius 2 is 1.56 bits per heavy atom. The number of ether oxygens (including phenoxy) is 1. The Hall–Kier alpha value is -1.88. The van der Waals surface area contributed by atoms with Gasteiger partial charge in [0.1, 0.15) is 12.4 Å². The van der Waals surface area contributed by atoms with Gasteiger partial charge < -0.3 is 9.84 Å². The van der Waals surface area contributed by atoms with Crippen LogP contribution in [0.2, 0.25) is 0 Å². The second-order valence-electron chi connectivity index (χ2n) is 6.68. The molecule has 3 rings (SSSR count). The number of hydrogen-bond donors (Lipinski definition) is 1. The number of para-hydroxylation sites is 1. The molecule has 0 aliphatic carbocycles. The third kappa shape index (κ3) is 5.30. The standard InChI is InChI=1S/C21H28N2O2/c1-18-7-5-6-10-21(18)25-16-15-22-11-13-23(14-12-22)17-20(24)19-8-3-2-4-9-19/h2-10,20,24H,11-17H2,1H3/t20-/m0/s1. The Balaban J connectivity index is 1.37. The molecule has 1 saturated heterocycles. The summed E-state index contributed by atoms with van der Waals surface area (Å²) in [5.74, 6) is 0.979. The maximum atomic E-state index is 10.4. The summed E-state index contributed by atoms with van der Waals surface area (Å²) in [5.41, 5.74) is 2.18. The molecular formula is C21H28N2O2. The summed E-state index contributed by atoms with van der Waals surface area (Å²) in [4.78, 5) is 4.78. The predicted octanol–water partition coefficient (Wildman–Crippen LogP) is 2.73. The van der Waals surface area contributed by atoms with Crippen molar-refractivity contribution < 1.29 is 9.84 Å². The Kier molecular flexibility index (Phi) is 6.45. The number of aliphatic hydroxyl groups excluding tert-OH is 1. The zero-order chi connectivity index (χ0) is 17.5. The molecule has 0 aromatic heterocycles. The number of aliphatic hydroxyl groups is 1. The van der Waals surface area contributed by atoms with Crippen LogP contribution >= 0.6 is 0 Å². The summed E-state index contributed by atoms with van der Waals surface area (Å²) >= 11 is 0. The zero-order valence-corrected chi connectivity index (χ0v) is 15.0. The normalized spacial score (nSPS) is 17.4. The van der Waals surface area contributed by atoms with Crippen molar-refractivity contribution in [2.45, 2.75) is 13.0 Å². The van der Waals surface area contributed by atoms with Gasteiger partial charge in [-0.05, 0) is 24.1 Å². The first-order valence-electron chi connectivity index (χ1n) is 9.08. The van der Waals surface area contributed by atoms with Gasteiger partial charge in [0.05, 0.1) is 6.10 Å². The molecule has 0 radical (unpaired) electrons. The van der Waals surface area contributed by atoms with Crippen LogP contribution in [0.5, 0.6) is 5.75 Å². The first kappa shape index (κ1) is 17.9. The van der Waals surface area contributed by atoms with Gasteiger partial charge in [-0.25, -0.2) is 0 Å². The molecule has 1 atom stereocenters. The van der Waals surface area contributed by atoms with E-state index in [0.717, 1.165) is 50.6 Å². The Morgan fingerprint density at radius 1 is 0.920 bits per heavy atom. The number of hydrogen-bond acceptors (Lipinski definition) is 4. The fourth-order valence-corrected chi connectivity index (χ4v) is 3.22. The summed E-state index contributed by atoms with van der Waals surface area (Å²) in [5, 5.41) is 10.4. The number of nitrogens with zero attached hydrogens (tertiary/aromatic N) is 2. The molecule has 134 valence electrons. The van der Waals surface area contributed by atoms with Crippen molar-refractivity contribution in [3.8, 4) is 5.75 Å². The molecule has 4 heteroatoms. The molecule has 0 saturated carbocycles. The van der Waals surface area contributed by atoms with Crippen molar-refractivity contribution in [3.63, 3.8) is 0 Å². The Bertz CT molecular complexity index is 639. The molecule has 25 heavy (non-hydrogen) atoms. The molecule has 0 amide bonds. The number of β-amino-alcohol motifs (C(OH)–C–C–N with tert-alkyl or cyclic N) is 1. The van der Waals surface area contributed by atoms with Crippen molar-refractivity contribution in [3.05, 3.63) is 65.7 Å². The van der Waals surface area contributed by atoms with Crippen molar-refractivity contribution in [2.75, 3.05) is 45.9 Å². The van der Waals surface area contributed by atoms with E-state index in [2.05, 4.69) is 22.8 Å². The fourth-order valence-electron chi connectivity index (χ4n) is 3.22. The molecule has 2 aromatic rings. The van der Waals surface area contributed by atoms with Crippen LogP contribution in [0, 0.1) is 6.92 Å². The molecular weight excluding hydrogens is 312 g/mol. The maximum absolute atomic E-state index is 10.4. The largest absolute Gasteiger partial charge is 0.492 e. The van der Waals surface area contributed by atoms with Gasteiger partial charge in [-0.3, -0.25) is 9.80 Å². The molecule has 0 spiro atoms. The number of benzene rings is 2. The topological polar surface area (TPSA) is 35.9 Å². The lowest BCUT2D eigenvalue weighted by molar-refractivity contribution is 0.0676. The quantitative estimate of drug-likeness (QED) is 0.841. The highest BCUT2D eigenvalue weighted by atomic mass is 16.5. The Morgan fingerprint density at radius 3 is 2.28 bits per heavy atom. The van der Waals surface area contributed by atoms with Crippen molar-refractivity contribution >= 4 is 0 Å². The number of rotatable bonds is 7. The monoisotopic (exact) mass is 340 g/mol. The van der Waals surface area contributed by atoms with E-state index >= 15 is 0 Å². The van der Waals surface area contributed by atoms with Crippen LogP contribution in [0.3, 0.4) is 0 Å². The van der Waals surface area contributed by atoms with E-state index in [1.165, 1.54) is 5.56 Å². The van der Waals surface area contributed by atoms with Crippen molar-refractivity contribution in [1.29, 1.82) is 0 Å². The first-order valence-corrected chi connectivity index (χ1v) is 9.08. The summed E-state index contributed by atoms with van der Waals surface area (Å²) < 4.78 is 5.89. The lowest BCUT2D eigenvalue weighted by atomic mass is 10.1. The highest BCUT2D eigenvalue weighted by Gasteiger charge is 2.19. The van der Waals surface area contributed by atoms with Crippen LogP contribution in [-0.2, 0) is 0 Å². The summed E-state index contributed by atoms with van der Waals surface area (Å²) in [6.07, 6.45) is -0.405. The van der Waals surface area contributed by atoms with E-state index in [9.17, 15) is 5.11 Å². The molecule has 0 unspecified atom stereocenters. The average molecular weight is 340 g/mol. The van der Waals surface area contributed by atoms with Gasteiger partial charge in [-0.1, -0.05) is 48.5 Å². The summed E-state index contributed by atoms with van der Waals surface area (Å²) in [6.45, 7) is 8.49. The number of aryl methyl sites for hydroxylation is 1. The van der Waals surface area contributed by atoms with Crippen molar-refractivity contribution in [2.24, 2.45) is 0 Å². The van der Waals surface area contributed by atoms with E-state index in [4.69, 9.17) is 4.74 Å². The highest BCUT2D eigenvalue weighted by Crippen LogP contribution is 2.17. The average Bonchev–Trinajstić information content (AvgIpc) is 2.65. The van der Waals surface area contributed by atoms with Crippen LogP contribution in [0.4, 0.5) is 0 Å². The predicted molar refractivity (Wildman–Crippen MR) is 101 cm³/mol. The lowest BCUT2D eigenvalue weighted by Gasteiger charge is -2.35. The third-order valence-electron chi connectivity index (χ3n) is 4.84. The van der Waals surface area contributed by atoms with Gasteiger partial charge in [0.25, 0.3) is 0 Å². The van der Waals surface area contributed by atoms with Crippen LogP contribution in [0.25, 0.3) is 0 Å². The molecule has 0 bridgehead atoms. The molecule has 1 heterocycles. The molecule has 4 nitrogen and oxygen atoms in total. The first-order chi connectivity index (χ1) is 12.2. The molecule has 1 fully saturated rings.